The van der Waals surface area contributed by atoms with Gasteiger partial charge in [-0.05, 0) is 24.1 Å². The summed E-state index contributed by atoms with van der Waals surface area (Å²) < 4.78 is 0. The number of rotatable bonds is 0. The fourth-order valence-corrected chi connectivity index (χ4v) is 0. The van der Waals surface area contributed by atoms with Gasteiger partial charge in [0.1, 0.15) is 0 Å². The molecule has 0 unspecified atom stereocenters. The Morgan fingerprint density at radius 1 is 1.40 bits per heavy atom. The fourth-order valence-electron chi connectivity index (χ4n) is 0. The van der Waals surface area contributed by atoms with E-state index in [1.54, 1.807) is 0 Å². The second-order valence-electron chi connectivity index (χ2n) is 1.09. The van der Waals surface area contributed by atoms with Crippen LogP contribution in [0, 0.1) is 0 Å². The first-order chi connectivity index (χ1) is 1.73. The Balaban J connectivity index is 0. The Kier molecular flexibility index (Phi) is 7.94. The largest absolute Gasteiger partial charge is 0.435 e. The maximum atomic E-state index is 8.19. The second-order valence-corrected chi connectivity index (χ2v) is 3.28. The molecule has 0 aliphatic heterocycles. The molecule has 0 saturated carbocycles. The van der Waals surface area contributed by atoms with Crippen molar-refractivity contribution in [2.24, 2.45) is 0 Å². The van der Waals surface area contributed by atoms with Gasteiger partial charge in [-0.3, -0.25) is 0 Å². The predicted molar refractivity (Wildman–Crippen MR) is 32.4 cm³/mol. The molecule has 0 radical (unpaired) electrons. The zero-order valence-electron chi connectivity index (χ0n) is 3.02. The van der Waals surface area contributed by atoms with Crippen LogP contribution in [0.2, 0.25) is 13.1 Å². The molecule has 5 heavy (non-hydrogen) atoms. The Hall–Kier alpha value is 0.394. The molecule has 0 aliphatic carbocycles. The van der Waals surface area contributed by atoms with Gasteiger partial charge in [-0.2, -0.15) is 0 Å². The third-order valence-electron chi connectivity index (χ3n) is 0. The molecule has 0 atom stereocenters. The Morgan fingerprint density at radius 2 is 1.40 bits per heavy atom. The van der Waals surface area contributed by atoms with Crippen molar-refractivity contribution in [3.63, 3.8) is 0 Å². The van der Waals surface area contributed by atoms with E-state index < -0.39 is 9.04 Å². The van der Waals surface area contributed by atoms with Crippen LogP contribution < -0.4 is 0 Å². The molecule has 0 bridgehead atoms. The standard InChI is InChI=1S/C2H8OSi.H4Si/c1-4(2)3;/h3-4H,1-2H3;1H4. The van der Waals surface area contributed by atoms with Crippen LogP contribution in [0.25, 0.3) is 0 Å². The second kappa shape index (κ2) is 4.39. The van der Waals surface area contributed by atoms with E-state index in [4.69, 9.17) is 4.80 Å². The van der Waals surface area contributed by atoms with E-state index in [9.17, 15) is 0 Å². The van der Waals surface area contributed by atoms with E-state index in [0.29, 0.717) is 0 Å². The minimum Gasteiger partial charge on any atom is -0.435 e. The molecular weight excluding hydrogens is 96.2 g/mol. The topological polar surface area (TPSA) is 20.2 Å². The van der Waals surface area contributed by atoms with E-state index >= 15 is 0 Å². The van der Waals surface area contributed by atoms with Crippen LogP contribution in [0.5, 0.6) is 0 Å². The molecule has 3 heteroatoms. The summed E-state index contributed by atoms with van der Waals surface area (Å²) in [7, 11) is -1.14. The highest BCUT2D eigenvalue weighted by molar-refractivity contribution is 6.46. The molecule has 0 saturated heterocycles. The zero-order valence-corrected chi connectivity index (χ0v) is 4.18. The smallest absolute Gasteiger partial charge is 0.166 e. The zero-order chi connectivity index (χ0) is 3.58. The molecule has 0 amide bonds. The Bertz CT molecular complexity index is 12.4. The summed E-state index contributed by atoms with van der Waals surface area (Å²) >= 11 is 0. The molecule has 0 aromatic heterocycles. The van der Waals surface area contributed by atoms with Crippen LogP contribution in [0.15, 0.2) is 0 Å². The quantitative estimate of drug-likeness (QED) is 0.375. The Labute approximate surface area is 38.8 Å². The van der Waals surface area contributed by atoms with Gasteiger partial charge in [0.15, 0.2) is 9.04 Å². The average Bonchev–Trinajstić information content (AvgIpc) is 0.811. The van der Waals surface area contributed by atoms with E-state index in [2.05, 4.69) is 0 Å². The highest BCUT2D eigenvalue weighted by Crippen LogP contribution is 1.60. The maximum Gasteiger partial charge on any atom is 0.166 e. The van der Waals surface area contributed by atoms with Gasteiger partial charge >= 0.3 is 0 Å². The number of hydrogen-bond donors (Lipinski definition) is 1. The first-order valence-corrected chi connectivity index (χ1v) is 4.24. The van der Waals surface area contributed by atoms with Gasteiger partial charge in [-0.1, -0.05) is 0 Å². The van der Waals surface area contributed by atoms with E-state index in [0.717, 1.165) is 0 Å². The van der Waals surface area contributed by atoms with Crippen molar-refractivity contribution in [1.82, 2.24) is 0 Å². The SMILES string of the molecule is C[SiH](C)O.[SiH4]. The summed E-state index contributed by atoms with van der Waals surface area (Å²) in [6.07, 6.45) is 0. The van der Waals surface area contributed by atoms with Gasteiger partial charge in [0.05, 0.1) is 0 Å². The van der Waals surface area contributed by atoms with Gasteiger partial charge < -0.3 is 4.80 Å². The molecular formula is C2H12OSi2. The van der Waals surface area contributed by atoms with Crippen molar-refractivity contribution < 1.29 is 4.80 Å². The summed E-state index contributed by atoms with van der Waals surface area (Å²) in [6, 6.07) is 0. The van der Waals surface area contributed by atoms with Gasteiger partial charge in [0.2, 0.25) is 0 Å². The van der Waals surface area contributed by atoms with Crippen molar-refractivity contribution >= 4 is 20.0 Å². The molecule has 0 heterocycles. The van der Waals surface area contributed by atoms with E-state index in [1.807, 2.05) is 13.1 Å². The predicted octanol–water partition coefficient (Wildman–Crippen LogP) is -1.49. The van der Waals surface area contributed by atoms with Gasteiger partial charge in [-0.25, -0.2) is 0 Å². The van der Waals surface area contributed by atoms with Gasteiger partial charge in [0.25, 0.3) is 0 Å². The van der Waals surface area contributed by atoms with Crippen molar-refractivity contribution in [3.05, 3.63) is 0 Å². The lowest BCUT2D eigenvalue weighted by molar-refractivity contribution is 0.587. The molecule has 0 rings (SSSR count). The molecule has 0 fully saturated rings. The first kappa shape index (κ1) is 9.04. The van der Waals surface area contributed by atoms with Crippen LogP contribution in [0.4, 0.5) is 0 Å². The minimum absolute atomic E-state index is 0. The van der Waals surface area contributed by atoms with E-state index in [-0.39, 0.29) is 11.0 Å². The lowest BCUT2D eigenvalue weighted by Crippen LogP contribution is -1.93. The normalized spacial score (nSPS) is 7.20. The van der Waals surface area contributed by atoms with Crippen LogP contribution in [-0.2, 0) is 0 Å². The molecule has 34 valence electrons. The molecule has 0 aromatic carbocycles. The fraction of sp³-hybridized carbons (Fsp3) is 1.00. The number of hydrogen-bond acceptors (Lipinski definition) is 1. The monoisotopic (exact) mass is 108 g/mol. The molecule has 0 aliphatic rings. The summed E-state index contributed by atoms with van der Waals surface area (Å²) in [6.45, 7) is 3.72. The van der Waals surface area contributed by atoms with E-state index in [1.165, 1.54) is 0 Å². The lowest BCUT2D eigenvalue weighted by Gasteiger charge is -1.76. The van der Waals surface area contributed by atoms with Gasteiger partial charge in [0, 0.05) is 0 Å². The van der Waals surface area contributed by atoms with Crippen LogP contribution in [-0.4, -0.2) is 24.8 Å². The maximum absolute atomic E-state index is 8.19. The van der Waals surface area contributed by atoms with Gasteiger partial charge in [-0.15, -0.1) is 0 Å². The summed E-state index contributed by atoms with van der Waals surface area (Å²) in [5, 5.41) is 0. The Morgan fingerprint density at radius 3 is 1.40 bits per heavy atom. The van der Waals surface area contributed by atoms with Crippen LogP contribution in [0.1, 0.15) is 0 Å². The van der Waals surface area contributed by atoms with Crippen molar-refractivity contribution in [1.29, 1.82) is 0 Å². The molecule has 0 aromatic rings. The van der Waals surface area contributed by atoms with Crippen molar-refractivity contribution in [2.45, 2.75) is 13.1 Å². The lowest BCUT2D eigenvalue weighted by atomic mass is 11.9. The molecule has 1 nitrogen and oxygen atoms in total. The first-order valence-electron chi connectivity index (χ1n) is 1.41. The third kappa shape index (κ3) is 162. The molecule has 0 spiro atoms. The summed E-state index contributed by atoms with van der Waals surface area (Å²) in [4.78, 5) is 8.19. The summed E-state index contributed by atoms with van der Waals surface area (Å²) in [5.41, 5.74) is 0. The third-order valence-corrected chi connectivity index (χ3v) is 0. The highest BCUT2D eigenvalue weighted by atomic mass is 28.3. The molecule has 1 N–H and O–H groups in total. The van der Waals surface area contributed by atoms with Crippen molar-refractivity contribution in [2.75, 3.05) is 0 Å². The summed E-state index contributed by atoms with van der Waals surface area (Å²) in [5.74, 6) is 0. The minimum atomic E-state index is -1.14. The van der Waals surface area contributed by atoms with Crippen LogP contribution >= 0.6 is 0 Å². The van der Waals surface area contributed by atoms with Crippen LogP contribution in [0.3, 0.4) is 0 Å². The van der Waals surface area contributed by atoms with Crippen molar-refractivity contribution in [3.8, 4) is 0 Å². The highest BCUT2D eigenvalue weighted by Gasteiger charge is 1.74. The average molecular weight is 108 g/mol.